The first-order chi connectivity index (χ1) is 1.91. The Morgan fingerprint density at radius 2 is 1.00 bits per heavy atom. The summed E-state index contributed by atoms with van der Waals surface area (Å²) in [5, 5.41) is 12.2. The first kappa shape index (κ1) is 25.6. The number of nitrogens with one attached hydrogen (secondary N) is 2. The van der Waals surface area contributed by atoms with Crippen LogP contribution in [0.4, 0.5) is 0 Å². The van der Waals surface area contributed by atoms with Crippen molar-refractivity contribution in [3.63, 3.8) is 0 Å². The molecule has 0 aliphatic carbocycles. The van der Waals surface area contributed by atoms with Crippen molar-refractivity contribution in [3.8, 4) is 0 Å². The normalized spacial score (nSPS) is 2.86. The molecule has 0 fully saturated rings. The molecule has 0 aromatic rings. The third-order valence-corrected chi connectivity index (χ3v) is 0.0833. The molecule has 2 nitrogen and oxygen atoms in total. The summed E-state index contributed by atoms with van der Waals surface area (Å²) in [5.41, 5.74) is 0. The number of hydrogen-bond donors (Lipinski definition) is 2. The van der Waals surface area contributed by atoms with Crippen LogP contribution in [0.5, 0.6) is 0 Å². The maximum atomic E-state index is 6.08. The van der Waals surface area contributed by atoms with E-state index in [4.69, 9.17) is 10.8 Å². The van der Waals surface area contributed by atoms with Crippen molar-refractivity contribution < 1.29 is 45.2 Å². The molecule has 0 heterocycles. The second-order valence-corrected chi connectivity index (χ2v) is 0.333. The summed E-state index contributed by atoms with van der Waals surface area (Å²) in [4.78, 5) is 0. The molecule has 0 saturated heterocycles. The van der Waals surface area contributed by atoms with E-state index in [1.807, 2.05) is 0 Å². The van der Waals surface area contributed by atoms with Crippen molar-refractivity contribution in [1.82, 2.24) is 0 Å². The van der Waals surface area contributed by atoms with E-state index >= 15 is 0 Å². The van der Waals surface area contributed by atoms with Crippen molar-refractivity contribution >= 4 is 12.4 Å². The van der Waals surface area contributed by atoms with Gasteiger partial charge in [-0.15, -0.1) is 0 Å². The Bertz CT molecular complexity index is 34.7. The fourth-order valence-electron chi connectivity index (χ4n) is 0. The Hall–Kier alpha value is 0.582. The summed E-state index contributed by atoms with van der Waals surface area (Å²) in [6.07, 6.45) is 1.83. The van der Waals surface area contributed by atoms with Gasteiger partial charge in [-0.05, 0) is 0 Å². The predicted octanol–water partition coefficient (Wildman–Crippen LogP) is -5.71. The van der Waals surface area contributed by atoms with Gasteiger partial charge in [0.1, 0.15) is 0 Å². The van der Waals surface area contributed by atoms with Crippen LogP contribution in [0, 0.1) is 10.8 Å². The molecular weight excluding hydrogens is 229 g/mol. The maximum Gasteiger partial charge on any atom is 2.00 e. The van der Waals surface area contributed by atoms with Crippen LogP contribution < -0.4 is 24.8 Å². The fourth-order valence-corrected chi connectivity index (χ4v) is 0. The van der Waals surface area contributed by atoms with Crippen LogP contribution in [0.15, 0.2) is 0 Å². The van der Waals surface area contributed by atoms with E-state index in [1.54, 1.807) is 0 Å². The minimum atomic E-state index is 0. The molecule has 0 atom stereocenters. The molecule has 0 rings (SSSR count). The molecule has 2 N–H and O–H groups in total. The van der Waals surface area contributed by atoms with Crippen molar-refractivity contribution in [3.05, 3.63) is 0 Å². The van der Waals surface area contributed by atoms with Crippen molar-refractivity contribution in [1.29, 1.82) is 10.8 Å². The topological polar surface area (TPSA) is 47.7 Å². The van der Waals surface area contributed by atoms with Crippen molar-refractivity contribution in [2.45, 2.75) is 0 Å². The van der Waals surface area contributed by atoms with Crippen LogP contribution in [0.2, 0.25) is 0 Å². The Kier molecular flexibility index (Phi) is 112. The van der Waals surface area contributed by atoms with E-state index in [0.717, 1.165) is 12.4 Å². The van der Waals surface area contributed by atoms with Crippen LogP contribution in [-0.4, -0.2) is 12.4 Å². The van der Waals surface area contributed by atoms with Crippen LogP contribution >= 0.6 is 0 Å². The molecule has 7 heavy (non-hydrogen) atoms. The van der Waals surface area contributed by atoms with Gasteiger partial charge in [0.15, 0.2) is 0 Å². The summed E-state index contributed by atoms with van der Waals surface area (Å²) >= 11 is 0. The number of rotatable bonds is 1. The van der Waals surface area contributed by atoms with E-state index < -0.39 is 0 Å². The van der Waals surface area contributed by atoms with E-state index in [-0.39, 0.29) is 45.2 Å². The van der Waals surface area contributed by atoms with Gasteiger partial charge in [-0.1, -0.05) is 0 Å². The first-order valence-corrected chi connectivity index (χ1v) is 0.911. The minimum absolute atomic E-state index is 0. The summed E-state index contributed by atoms with van der Waals surface area (Å²) in [5.74, 6) is 0. The second kappa shape index (κ2) is 30.8. The average Bonchev–Trinajstić information content (AvgIpc) is 1.37. The summed E-state index contributed by atoms with van der Waals surface area (Å²) in [7, 11) is 0. The Balaban J connectivity index is -0.0000000150. The van der Waals surface area contributed by atoms with Crippen LogP contribution in [0.3, 0.4) is 0 Å². The third kappa shape index (κ3) is 55.2. The van der Waals surface area contributed by atoms with E-state index in [2.05, 4.69) is 0 Å². The predicted molar refractivity (Wildman–Crippen MR) is 17.6 cm³/mol. The van der Waals surface area contributed by atoms with Crippen LogP contribution in [-0.2, 0) is 20.4 Å². The van der Waals surface area contributed by atoms with E-state index in [1.165, 1.54) is 0 Å². The van der Waals surface area contributed by atoms with Gasteiger partial charge in [0.2, 0.25) is 0 Å². The third-order valence-electron chi connectivity index (χ3n) is 0.0833. The maximum absolute atomic E-state index is 6.08. The molecule has 0 bridgehead atoms. The molecule has 0 unspecified atom stereocenters. The zero-order valence-electron chi connectivity index (χ0n) is 3.23. The van der Waals surface area contributed by atoms with Gasteiger partial charge in [0, 0.05) is 12.4 Å². The molecule has 0 spiro atoms. The van der Waals surface area contributed by atoms with E-state index in [9.17, 15) is 0 Å². The SMILES string of the molecule is N=CC=N.[Cl-].[Cl-].[Pd+2]. The molecule has 0 aromatic carbocycles. The largest absolute Gasteiger partial charge is 2.00 e. The van der Waals surface area contributed by atoms with E-state index in [0.29, 0.717) is 0 Å². The van der Waals surface area contributed by atoms with Gasteiger partial charge in [0.25, 0.3) is 0 Å². The Morgan fingerprint density at radius 3 is 1.00 bits per heavy atom. The summed E-state index contributed by atoms with van der Waals surface area (Å²) in [6.45, 7) is 0. The fraction of sp³-hybridized carbons (Fsp3) is 0. The molecule has 0 aromatic heterocycles. The molecule has 0 radical (unpaired) electrons. The molecule has 0 aliphatic rings. The monoisotopic (exact) mass is 232 g/mol. The quantitative estimate of drug-likeness (QED) is 0.335. The molecule has 0 saturated carbocycles. The Morgan fingerprint density at radius 1 is 0.857 bits per heavy atom. The second-order valence-electron chi connectivity index (χ2n) is 0.333. The van der Waals surface area contributed by atoms with Crippen molar-refractivity contribution in [2.75, 3.05) is 0 Å². The van der Waals surface area contributed by atoms with Crippen LogP contribution in [0.25, 0.3) is 0 Å². The van der Waals surface area contributed by atoms with Crippen LogP contribution in [0.1, 0.15) is 0 Å². The molecule has 46 valence electrons. The Labute approximate surface area is 68.6 Å². The number of halogens is 2. The van der Waals surface area contributed by atoms with Crippen molar-refractivity contribution in [2.24, 2.45) is 0 Å². The van der Waals surface area contributed by atoms with Gasteiger partial charge < -0.3 is 35.6 Å². The molecular formula is C2H4Cl2N2Pd. The molecule has 5 heteroatoms. The first-order valence-electron chi connectivity index (χ1n) is 0.911. The standard InChI is InChI=1S/C2H4N2.2ClH.Pd/c3-1-2-4;;;/h1-4H;2*1H;/q;;;+2/p-2. The van der Waals surface area contributed by atoms with Gasteiger partial charge in [-0.25, -0.2) is 0 Å². The summed E-state index contributed by atoms with van der Waals surface area (Å²) in [6, 6.07) is 0. The van der Waals surface area contributed by atoms with Gasteiger partial charge in [0.05, 0.1) is 0 Å². The summed E-state index contributed by atoms with van der Waals surface area (Å²) < 4.78 is 0. The zero-order chi connectivity index (χ0) is 3.41. The van der Waals surface area contributed by atoms with Gasteiger partial charge in [-0.2, -0.15) is 0 Å². The smallest absolute Gasteiger partial charge is 1.00 e. The van der Waals surface area contributed by atoms with Gasteiger partial charge in [-0.3, -0.25) is 0 Å². The average molecular weight is 233 g/mol. The zero-order valence-corrected chi connectivity index (χ0v) is 6.29. The minimum Gasteiger partial charge on any atom is -1.00 e. The number of hydrogen-bond acceptors (Lipinski definition) is 2. The molecule has 0 amide bonds. The molecule has 0 aliphatic heterocycles. The van der Waals surface area contributed by atoms with Gasteiger partial charge >= 0.3 is 20.4 Å².